The van der Waals surface area contributed by atoms with Crippen molar-refractivity contribution in [3.8, 4) is 0 Å². The van der Waals surface area contributed by atoms with E-state index in [2.05, 4.69) is 0 Å². The van der Waals surface area contributed by atoms with Gasteiger partial charge in [0, 0.05) is 6.42 Å². The zero-order valence-corrected chi connectivity index (χ0v) is 8.16. The third-order valence-corrected chi connectivity index (χ3v) is 3.08. The van der Waals surface area contributed by atoms with E-state index >= 15 is 0 Å². The van der Waals surface area contributed by atoms with E-state index in [1.54, 1.807) is 18.6 Å². The lowest BCUT2D eigenvalue weighted by molar-refractivity contribution is 0.482. The van der Waals surface area contributed by atoms with Crippen molar-refractivity contribution >= 4 is 10.1 Å². The molecule has 0 atom stereocenters. The number of hydrogen-bond acceptors (Lipinski definition) is 2. The molecule has 14 heavy (non-hydrogen) atoms. The summed E-state index contributed by atoms with van der Waals surface area (Å²) in [6.07, 6.45) is 6.13. The van der Waals surface area contributed by atoms with Crippen LogP contribution in [0.5, 0.6) is 0 Å². The van der Waals surface area contributed by atoms with Crippen LogP contribution in [0, 0.1) is 6.42 Å². The number of allylic oxidation sites excluding steroid dienone is 2. The first-order chi connectivity index (χ1) is 6.59. The van der Waals surface area contributed by atoms with Crippen molar-refractivity contribution in [2.45, 2.75) is 11.3 Å². The van der Waals surface area contributed by atoms with Gasteiger partial charge < -0.3 is 0 Å². The van der Waals surface area contributed by atoms with E-state index in [0.29, 0.717) is 12.0 Å². The molecule has 0 aromatic heterocycles. The van der Waals surface area contributed by atoms with Crippen LogP contribution in [0.1, 0.15) is 11.1 Å². The molecule has 1 aliphatic rings. The van der Waals surface area contributed by atoms with E-state index < -0.39 is 10.1 Å². The molecule has 0 bridgehead atoms. The third kappa shape index (κ3) is 1.58. The molecular formula is C10H9O3S. The van der Waals surface area contributed by atoms with E-state index in [9.17, 15) is 8.42 Å². The molecule has 0 amide bonds. The predicted molar refractivity (Wildman–Crippen MR) is 52.5 cm³/mol. The molecule has 1 N–H and O–H groups in total. The van der Waals surface area contributed by atoms with Crippen LogP contribution in [0.15, 0.2) is 35.2 Å². The maximum Gasteiger partial charge on any atom is 0.294 e. The van der Waals surface area contributed by atoms with Gasteiger partial charge in [0.15, 0.2) is 0 Å². The molecule has 0 fully saturated rings. The van der Waals surface area contributed by atoms with Crippen molar-refractivity contribution in [2.75, 3.05) is 0 Å². The van der Waals surface area contributed by atoms with Gasteiger partial charge in [0.1, 0.15) is 0 Å². The molecule has 0 unspecified atom stereocenters. The second-order valence-corrected chi connectivity index (χ2v) is 4.49. The van der Waals surface area contributed by atoms with Crippen LogP contribution in [0.3, 0.4) is 0 Å². The summed E-state index contributed by atoms with van der Waals surface area (Å²) >= 11 is 0. The van der Waals surface area contributed by atoms with Crippen LogP contribution in [-0.4, -0.2) is 13.0 Å². The first-order valence-corrected chi connectivity index (χ1v) is 5.62. The number of benzene rings is 1. The summed E-state index contributed by atoms with van der Waals surface area (Å²) in [6, 6.07) is 4.89. The fourth-order valence-corrected chi connectivity index (χ4v) is 2.27. The van der Waals surface area contributed by atoms with Crippen molar-refractivity contribution in [2.24, 2.45) is 0 Å². The molecule has 0 spiro atoms. The van der Waals surface area contributed by atoms with Crippen LogP contribution in [0.2, 0.25) is 0 Å². The minimum atomic E-state index is -4.11. The summed E-state index contributed by atoms with van der Waals surface area (Å²) in [5.74, 6) is 0. The Bertz CT molecular complexity index is 486. The second kappa shape index (κ2) is 3.22. The summed E-state index contributed by atoms with van der Waals surface area (Å²) < 4.78 is 31.0. The zero-order valence-electron chi connectivity index (χ0n) is 7.34. The minimum absolute atomic E-state index is 0.0145. The van der Waals surface area contributed by atoms with Gasteiger partial charge in [-0.05, 0) is 23.6 Å². The average molecular weight is 209 g/mol. The quantitative estimate of drug-likeness (QED) is 0.715. The topological polar surface area (TPSA) is 54.4 Å². The highest BCUT2D eigenvalue weighted by atomic mass is 32.2. The van der Waals surface area contributed by atoms with E-state index in [1.807, 2.05) is 12.1 Å². The van der Waals surface area contributed by atoms with Gasteiger partial charge in [-0.15, -0.1) is 0 Å². The first-order valence-electron chi connectivity index (χ1n) is 4.18. The number of fused-ring (bicyclic) bond motifs is 1. The van der Waals surface area contributed by atoms with Crippen LogP contribution in [-0.2, 0) is 16.5 Å². The highest BCUT2D eigenvalue weighted by molar-refractivity contribution is 7.85. The van der Waals surface area contributed by atoms with Gasteiger partial charge in [0.2, 0.25) is 0 Å². The molecule has 1 aromatic carbocycles. The molecule has 1 aliphatic carbocycles. The Hall–Kier alpha value is -1.13. The monoisotopic (exact) mass is 209 g/mol. The Kier molecular flexibility index (Phi) is 2.17. The molecule has 0 saturated heterocycles. The Morgan fingerprint density at radius 1 is 1.29 bits per heavy atom. The Morgan fingerprint density at radius 2 is 2.07 bits per heavy atom. The lowest BCUT2D eigenvalue weighted by atomic mass is 9.97. The Labute approximate surface area is 82.8 Å². The molecular weight excluding hydrogens is 200 g/mol. The normalized spacial score (nSPS) is 15.2. The van der Waals surface area contributed by atoms with Crippen LogP contribution in [0.4, 0.5) is 0 Å². The third-order valence-electron chi connectivity index (χ3n) is 2.17. The first kappa shape index (κ1) is 9.43. The fourth-order valence-electron chi connectivity index (χ4n) is 1.54. The largest absolute Gasteiger partial charge is 0.294 e. The minimum Gasteiger partial charge on any atom is -0.282 e. The van der Waals surface area contributed by atoms with Gasteiger partial charge >= 0.3 is 0 Å². The van der Waals surface area contributed by atoms with Crippen molar-refractivity contribution in [3.05, 3.63) is 47.9 Å². The SMILES string of the molecule is O=S(=O)(O)c1cccc2c1[CH]C=CC2. The second-order valence-electron chi connectivity index (χ2n) is 3.10. The standard InChI is InChI=1S/C10H9O3S/c11-14(12,13)10-7-3-5-8-4-1-2-6-9(8)10/h1-3,5-7H,4H2,(H,11,12,13). The molecule has 4 heteroatoms. The van der Waals surface area contributed by atoms with Crippen molar-refractivity contribution in [1.29, 1.82) is 0 Å². The van der Waals surface area contributed by atoms with E-state index in [-0.39, 0.29) is 4.90 Å². The predicted octanol–water partition coefficient (Wildman–Crippen LogP) is 1.60. The smallest absolute Gasteiger partial charge is 0.282 e. The summed E-state index contributed by atoms with van der Waals surface area (Å²) in [5, 5.41) is 0. The number of hydrogen-bond donors (Lipinski definition) is 1. The van der Waals surface area contributed by atoms with Gasteiger partial charge in [-0.1, -0.05) is 24.3 Å². The summed E-state index contributed by atoms with van der Waals surface area (Å²) in [4.78, 5) is -0.0145. The maximum atomic E-state index is 11.0. The molecule has 0 aliphatic heterocycles. The summed E-state index contributed by atoms with van der Waals surface area (Å²) in [7, 11) is -4.11. The molecule has 3 nitrogen and oxygen atoms in total. The summed E-state index contributed by atoms with van der Waals surface area (Å²) in [6.45, 7) is 0. The van der Waals surface area contributed by atoms with Crippen molar-refractivity contribution in [3.63, 3.8) is 0 Å². The van der Waals surface area contributed by atoms with Gasteiger partial charge in [-0.3, -0.25) is 4.55 Å². The van der Waals surface area contributed by atoms with Gasteiger partial charge in [0.25, 0.3) is 10.1 Å². The average Bonchev–Trinajstić information content (AvgIpc) is 2.15. The summed E-state index contributed by atoms with van der Waals surface area (Å²) in [5.41, 5.74) is 1.51. The lowest BCUT2D eigenvalue weighted by Gasteiger charge is -2.13. The highest BCUT2D eigenvalue weighted by Gasteiger charge is 2.18. The molecule has 1 radical (unpaired) electrons. The van der Waals surface area contributed by atoms with Gasteiger partial charge in [-0.25, -0.2) is 0 Å². The van der Waals surface area contributed by atoms with E-state index in [4.69, 9.17) is 4.55 Å². The van der Waals surface area contributed by atoms with Gasteiger partial charge in [-0.2, -0.15) is 8.42 Å². The maximum absolute atomic E-state index is 11.0. The molecule has 0 heterocycles. The Morgan fingerprint density at radius 3 is 2.79 bits per heavy atom. The lowest BCUT2D eigenvalue weighted by Crippen LogP contribution is -2.06. The zero-order chi connectivity index (χ0) is 10.2. The molecule has 1 aromatic rings. The van der Waals surface area contributed by atoms with E-state index in [0.717, 1.165) is 5.56 Å². The number of rotatable bonds is 1. The van der Waals surface area contributed by atoms with Crippen LogP contribution in [0.25, 0.3) is 0 Å². The molecule has 0 saturated carbocycles. The highest BCUT2D eigenvalue weighted by Crippen LogP contribution is 2.25. The van der Waals surface area contributed by atoms with E-state index in [1.165, 1.54) is 6.07 Å². The molecule has 73 valence electrons. The fraction of sp³-hybridized carbons (Fsp3) is 0.100. The van der Waals surface area contributed by atoms with Crippen LogP contribution >= 0.6 is 0 Å². The van der Waals surface area contributed by atoms with Crippen molar-refractivity contribution in [1.82, 2.24) is 0 Å². The van der Waals surface area contributed by atoms with Crippen LogP contribution < -0.4 is 0 Å². The Balaban J connectivity index is 2.65. The van der Waals surface area contributed by atoms with Gasteiger partial charge in [0.05, 0.1) is 4.90 Å². The molecule has 2 rings (SSSR count). The van der Waals surface area contributed by atoms with Crippen molar-refractivity contribution < 1.29 is 13.0 Å².